The molecule has 2 N–H and O–H groups in total. The van der Waals surface area contributed by atoms with Crippen LogP contribution in [0.15, 0.2) is 60.7 Å². The average Bonchev–Trinajstić information content (AvgIpc) is 3.06. The van der Waals surface area contributed by atoms with Crippen LogP contribution in [0.5, 0.6) is 0 Å². The van der Waals surface area contributed by atoms with E-state index in [1.807, 2.05) is 60.7 Å². The predicted molar refractivity (Wildman–Crippen MR) is 110 cm³/mol. The molecule has 0 spiro atoms. The van der Waals surface area contributed by atoms with Crippen LogP contribution in [-0.2, 0) is 4.79 Å². The first-order valence-corrected chi connectivity index (χ1v) is 10.2. The van der Waals surface area contributed by atoms with Crippen LogP contribution in [0.25, 0.3) is 0 Å². The minimum atomic E-state index is -0.564. The fraction of sp³-hybridized carbons (Fsp3) is 0.391. The molecule has 1 aliphatic heterocycles. The van der Waals surface area contributed by atoms with Crippen molar-refractivity contribution < 1.29 is 9.59 Å². The quantitative estimate of drug-likeness (QED) is 0.851. The number of hydrogen-bond acceptors (Lipinski definition) is 2. The Balaban J connectivity index is 1.53. The van der Waals surface area contributed by atoms with E-state index < -0.39 is 6.04 Å². The molecule has 2 aromatic rings. The highest BCUT2D eigenvalue weighted by Crippen LogP contribution is 2.32. The maximum Gasteiger partial charge on any atom is 0.315 e. The summed E-state index contributed by atoms with van der Waals surface area (Å²) in [4.78, 5) is 27.6. The van der Waals surface area contributed by atoms with Gasteiger partial charge in [0.2, 0.25) is 5.91 Å². The summed E-state index contributed by atoms with van der Waals surface area (Å²) in [7, 11) is 0. The third-order valence-corrected chi connectivity index (χ3v) is 5.84. The van der Waals surface area contributed by atoms with Crippen LogP contribution in [0, 0.1) is 0 Å². The molecule has 1 saturated carbocycles. The maximum atomic E-state index is 13.2. The second-order valence-electron chi connectivity index (χ2n) is 7.73. The molecule has 5 heteroatoms. The van der Waals surface area contributed by atoms with Gasteiger partial charge in [-0.2, -0.15) is 0 Å². The zero-order valence-electron chi connectivity index (χ0n) is 16.0. The van der Waals surface area contributed by atoms with Crippen molar-refractivity contribution in [1.29, 1.82) is 0 Å². The van der Waals surface area contributed by atoms with Gasteiger partial charge < -0.3 is 15.5 Å². The molecule has 4 rings (SSSR count). The monoisotopic (exact) mass is 377 g/mol. The van der Waals surface area contributed by atoms with Crippen molar-refractivity contribution in [2.45, 2.75) is 50.1 Å². The highest BCUT2D eigenvalue weighted by atomic mass is 16.2. The second-order valence-corrected chi connectivity index (χ2v) is 7.73. The van der Waals surface area contributed by atoms with Crippen LogP contribution in [0.1, 0.15) is 43.6 Å². The number of anilines is 1. The van der Waals surface area contributed by atoms with Crippen molar-refractivity contribution in [3.63, 3.8) is 0 Å². The molecule has 5 nitrogen and oxygen atoms in total. The average molecular weight is 377 g/mol. The summed E-state index contributed by atoms with van der Waals surface area (Å²) in [6, 6.07) is 19.1. The van der Waals surface area contributed by atoms with Gasteiger partial charge in [-0.15, -0.1) is 0 Å². The Kier molecular flexibility index (Phi) is 5.60. The topological polar surface area (TPSA) is 61.4 Å². The van der Waals surface area contributed by atoms with Gasteiger partial charge in [0.25, 0.3) is 0 Å². The molecule has 3 amide bonds. The van der Waals surface area contributed by atoms with Gasteiger partial charge in [-0.3, -0.25) is 4.79 Å². The lowest BCUT2D eigenvalue weighted by atomic mass is 9.94. The minimum Gasteiger partial charge on any atom is -0.335 e. The van der Waals surface area contributed by atoms with Gasteiger partial charge in [0.05, 0.1) is 0 Å². The van der Waals surface area contributed by atoms with E-state index in [0.717, 1.165) is 36.9 Å². The fourth-order valence-corrected chi connectivity index (χ4v) is 4.35. The van der Waals surface area contributed by atoms with Crippen LogP contribution in [0.2, 0.25) is 0 Å². The molecular formula is C23H27N3O2. The molecule has 28 heavy (non-hydrogen) atoms. The molecule has 1 aliphatic carbocycles. The van der Waals surface area contributed by atoms with E-state index >= 15 is 0 Å². The first-order valence-electron chi connectivity index (χ1n) is 10.2. The Morgan fingerprint density at radius 1 is 0.857 bits per heavy atom. The summed E-state index contributed by atoms with van der Waals surface area (Å²) in [6.45, 7) is 0.557. The molecule has 2 atom stereocenters. The van der Waals surface area contributed by atoms with Crippen LogP contribution in [-0.4, -0.2) is 30.6 Å². The third-order valence-electron chi connectivity index (χ3n) is 5.84. The van der Waals surface area contributed by atoms with Crippen LogP contribution in [0.4, 0.5) is 10.5 Å². The summed E-state index contributed by atoms with van der Waals surface area (Å²) in [5.74, 6) is -0.134. The van der Waals surface area contributed by atoms with Crippen LogP contribution in [0.3, 0.4) is 0 Å². The predicted octanol–water partition coefficient (Wildman–Crippen LogP) is 3.82. The molecule has 1 unspecified atom stereocenters. The van der Waals surface area contributed by atoms with Gasteiger partial charge in [-0.05, 0) is 30.5 Å². The normalized spacial score (nSPS) is 22.9. The van der Waals surface area contributed by atoms with E-state index in [2.05, 4.69) is 10.6 Å². The van der Waals surface area contributed by atoms with Crippen LogP contribution >= 0.6 is 0 Å². The Morgan fingerprint density at radius 3 is 2.18 bits per heavy atom. The SMILES string of the molecule is O=C(NC1CCCCC1)NC1C(=O)N(c2ccccc2)C[C@H]1c1ccccc1. The van der Waals surface area contributed by atoms with Crippen molar-refractivity contribution in [3.8, 4) is 0 Å². The summed E-state index contributed by atoms with van der Waals surface area (Å²) in [6.07, 6.45) is 5.58. The van der Waals surface area contributed by atoms with Crippen molar-refractivity contribution in [2.24, 2.45) is 0 Å². The fourth-order valence-electron chi connectivity index (χ4n) is 4.35. The minimum absolute atomic E-state index is 0.0566. The van der Waals surface area contributed by atoms with Crippen molar-refractivity contribution >= 4 is 17.6 Å². The Bertz CT molecular complexity index is 803. The van der Waals surface area contributed by atoms with Gasteiger partial charge in [0, 0.05) is 24.2 Å². The molecule has 146 valence electrons. The van der Waals surface area contributed by atoms with Gasteiger partial charge in [0.15, 0.2) is 0 Å². The molecule has 1 saturated heterocycles. The number of nitrogens with one attached hydrogen (secondary N) is 2. The summed E-state index contributed by atoms with van der Waals surface area (Å²) in [5.41, 5.74) is 1.93. The summed E-state index contributed by atoms with van der Waals surface area (Å²) < 4.78 is 0. The van der Waals surface area contributed by atoms with Crippen molar-refractivity contribution in [1.82, 2.24) is 10.6 Å². The second kappa shape index (κ2) is 8.46. The maximum absolute atomic E-state index is 13.2. The molecular weight excluding hydrogens is 350 g/mol. The Morgan fingerprint density at radius 2 is 1.50 bits per heavy atom. The number of carbonyl (C=O) groups is 2. The first kappa shape index (κ1) is 18.5. The summed E-state index contributed by atoms with van der Waals surface area (Å²) in [5, 5.41) is 6.06. The number of para-hydroxylation sites is 1. The molecule has 2 aliphatic rings. The lowest BCUT2D eigenvalue weighted by Gasteiger charge is -2.25. The molecule has 1 heterocycles. The van der Waals surface area contributed by atoms with Gasteiger partial charge >= 0.3 is 6.03 Å². The van der Waals surface area contributed by atoms with E-state index in [9.17, 15) is 9.59 Å². The Labute approximate surface area is 166 Å². The Hall–Kier alpha value is -2.82. The zero-order chi connectivity index (χ0) is 19.3. The zero-order valence-corrected chi connectivity index (χ0v) is 16.0. The summed E-state index contributed by atoms with van der Waals surface area (Å²) >= 11 is 0. The molecule has 2 fully saturated rings. The molecule has 0 aromatic heterocycles. The molecule has 0 bridgehead atoms. The highest BCUT2D eigenvalue weighted by Gasteiger charge is 2.42. The van der Waals surface area contributed by atoms with E-state index in [4.69, 9.17) is 0 Å². The first-order chi connectivity index (χ1) is 13.7. The number of urea groups is 1. The highest BCUT2D eigenvalue weighted by molar-refractivity contribution is 6.02. The van der Waals surface area contributed by atoms with Crippen molar-refractivity contribution in [2.75, 3.05) is 11.4 Å². The number of rotatable bonds is 4. The lowest BCUT2D eigenvalue weighted by molar-refractivity contribution is -0.118. The number of carbonyl (C=O) groups excluding carboxylic acids is 2. The third kappa shape index (κ3) is 4.03. The number of nitrogens with zero attached hydrogens (tertiary/aromatic N) is 1. The van der Waals surface area contributed by atoms with E-state index in [1.165, 1.54) is 6.42 Å². The largest absolute Gasteiger partial charge is 0.335 e. The number of hydrogen-bond donors (Lipinski definition) is 2. The number of amides is 3. The van der Waals surface area contributed by atoms with E-state index in [-0.39, 0.29) is 23.9 Å². The van der Waals surface area contributed by atoms with Crippen LogP contribution < -0.4 is 15.5 Å². The smallest absolute Gasteiger partial charge is 0.315 e. The van der Waals surface area contributed by atoms with Gasteiger partial charge in [-0.25, -0.2) is 4.79 Å². The molecule has 2 aromatic carbocycles. The lowest BCUT2D eigenvalue weighted by Crippen LogP contribution is -2.50. The van der Waals surface area contributed by atoms with E-state index in [0.29, 0.717) is 6.54 Å². The van der Waals surface area contributed by atoms with Gasteiger partial charge in [0.1, 0.15) is 6.04 Å². The van der Waals surface area contributed by atoms with Gasteiger partial charge in [-0.1, -0.05) is 67.8 Å². The number of benzene rings is 2. The molecule has 0 radical (unpaired) electrons. The standard InChI is InChI=1S/C23H27N3O2/c27-22-21(25-23(28)24-18-12-6-2-7-13-18)20(17-10-4-1-5-11-17)16-26(22)19-14-8-3-9-15-19/h1,3-5,8-11,14-15,18,20-21H,2,6-7,12-13,16H2,(H2,24,25,28)/t20-,21?/m0/s1. The van der Waals surface area contributed by atoms with E-state index in [1.54, 1.807) is 4.90 Å². The van der Waals surface area contributed by atoms with Crippen molar-refractivity contribution in [3.05, 3.63) is 66.2 Å².